The topological polar surface area (TPSA) is 77.3 Å². The molecule has 0 spiro atoms. The van der Waals surface area contributed by atoms with Gasteiger partial charge in [0.2, 0.25) is 0 Å². The van der Waals surface area contributed by atoms with Crippen molar-refractivity contribution >= 4 is 11.9 Å². The fourth-order valence-electron chi connectivity index (χ4n) is 4.46. The Labute approximate surface area is 164 Å². The van der Waals surface area contributed by atoms with Gasteiger partial charge in [-0.3, -0.25) is 4.79 Å². The smallest absolute Gasteiger partial charge is 0.361 e. The van der Waals surface area contributed by atoms with Gasteiger partial charge in [-0.1, -0.05) is 31.0 Å². The Morgan fingerprint density at radius 2 is 1.82 bits per heavy atom. The average molecular weight is 382 g/mol. The van der Waals surface area contributed by atoms with E-state index in [0.717, 1.165) is 25.1 Å². The molecule has 2 aliphatic rings. The zero-order valence-electron chi connectivity index (χ0n) is 16.2. The molecule has 1 aliphatic heterocycles. The Bertz CT molecular complexity index is 847. The van der Waals surface area contributed by atoms with Gasteiger partial charge in [0.1, 0.15) is 0 Å². The first-order chi connectivity index (χ1) is 13.6. The van der Waals surface area contributed by atoms with Gasteiger partial charge in [-0.2, -0.15) is 9.90 Å². The predicted octanol–water partition coefficient (Wildman–Crippen LogP) is 2.91. The van der Waals surface area contributed by atoms with E-state index in [1.807, 2.05) is 35.2 Å². The fourth-order valence-corrected chi connectivity index (χ4v) is 4.46. The first kappa shape index (κ1) is 18.7. The maximum Gasteiger partial charge on any atom is 0.361 e. The van der Waals surface area contributed by atoms with Crippen LogP contribution in [0, 0.1) is 12.8 Å². The summed E-state index contributed by atoms with van der Waals surface area (Å²) in [6.45, 7) is 2.24. The SMILES string of the molecule is Cc1nn(-c2ccccc2)nc1C(=O)OCC(=O)N1CCC[C@H]2CCCC[C@H]21. The Hall–Kier alpha value is -2.70. The van der Waals surface area contributed by atoms with Crippen molar-refractivity contribution in [1.82, 2.24) is 19.9 Å². The van der Waals surface area contributed by atoms with Crippen molar-refractivity contribution in [2.24, 2.45) is 5.92 Å². The summed E-state index contributed by atoms with van der Waals surface area (Å²) >= 11 is 0. The molecule has 7 nitrogen and oxygen atoms in total. The molecule has 1 aromatic carbocycles. The number of benzene rings is 1. The Morgan fingerprint density at radius 3 is 2.64 bits per heavy atom. The molecule has 0 radical (unpaired) electrons. The lowest BCUT2D eigenvalue weighted by molar-refractivity contribution is -0.140. The minimum atomic E-state index is -0.606. The van der Waals surface area contributed by atoms with E-state index < -0.39 is 5.97 Å². The number of aromatic nitrogens is 3. The molecular formula is C21H26N4O3. The molecular weight excluding hydrogens is 356 g/mol. The molecule has 1 saturated heterocycles. The molecule has 2 atom stereocenters. The third-order valence-corrected chi connectivity index (χ3v) is 5.85. The highest BCUT2D eigenvalue weighted by molar-refractivity contribution is 5.90. The van der Waals surface area contributed by atoms with E-state index >= 15 is 0 Å². The quantitative estimate of drug-likeness (QED) is 0.760. The third-order valence-electron chi connectivity index (χ3n) is 5.85. The number of rotatable bonds is 4. The van der Waals surface area contributed by atoms with E-state index in [-0.39, 0.29) is 18.2 Å². The van der Waals surface area contributed by atoms with E-state index in [1.54, 1.807) is 6.92 Å². The Morgan fingerprint density at radius 1 is 1.07 bits per heavy atom. The van der Waals surface area contributed by atoms with Crippen LogP contribution in [0.2, 0.25) is 0 Å². The summed E-state index contributed by atoms with van der Waals surface area (Å²) in [6.07, 6.45) is 6.94. The van der Waals surface area contributed by atoms with Gasteiger partial charge in [-0.15, -0.1) is 5.10 Å². The van der Waals surface area contributed by atoms with Crippen LogP contribution in [0.1, 0.15) is 54.7 Å². The van der Waals surface area contributed by atoms with Gasteiger partial charge in [-0.05, 0) is 50.7 Å². The second kappa shape index (κ2) is 8.12. The summed E-state index contributed by atoms with van der Waals surface area (Å²) in [5, 5.41) is 8.52. The Balaban J connectivity index is 1.39. The zero-order chi connectivity index (χ0) is 19.5. The molecule has 2 aromatic rings. The molecule has 148 valence electrons. The van der Waals surface area contributed by atoms with Crippen molar-refractivity contribution < 1.29 is 14.3 Å². The molecule has 0 bridgehead atoms. The number of carbonyl (C=O) groups is 2. The van der Waals surface area contributed by atoms with Crippen LogP contribution in [0.3, 0.4) is 0 Å². The number of hydrogen-bond acceptors (Lipinski definition) is 5. The second-order valence-corrected chi connectivity index (χ2v) is 7.68. The monoisotopic (exact) mass is 382 g/mol. The van der Waals surface area contributed by atoms with Crippen LogP contribution in [0.15, 0.2) is 30.3 Å². The van der Waals surface area contributed by atoms with E-state index in [2.05, 4.69) is 10.2 Å². The summed E-state index contributed by atoms with van der Waals surface area (Å²) in [7, 11) is 0. The lowest BCUT2D eigenvalue weighted by Crippen LogP contribution is -2.50. The minimum Gasteiger partial charge on any atom is -0.451 e. The lowest BCUT2D eigenvalue weighted by Gasteiger charge is -2.44. The highest BCUT2D eigenvalue weighted by atomic mass is 16.5. The van der Waals surface area contributed by atoms with Crippen molar-refractivity contribution in [2.45, 2.75) is 51.5 Å². The molecule has 1 aliphatic carbocycles. The van der Waals surface area contributed by atoms with Crippen LogP contribution >= 0.6 is 0 Å². The molecule has 4 rings (SSSR count). The van der Waals surface area contributed by atoms with Crippen LogP contribution in [-0.2, 0) is 9.53 Å². The standard InChI is InChI=1S/C21H26N4O3/c1-15-20(23-25(22-15)17-10-3-2-4-11-17)21(27)28-14-19(26)24-13-7-9-16-8-5-6-12-18(16)24/h2-4,10-11,16,18H,5-9,12-14H2,1H3/t16-,18-/m1/s1. The zero-order valence-corrected chi connectivity index (χ0v) is 16.2. The molecule has 0 N–H and O–H groups in total. The van der Waals surface area contributed by atoms with Gasteiger partial charge >= 0.3 is 5.97 Å². The predicted molar refractivity (Wildman–Crippen MR) is 103 cm³/mol. The number of carbonyl (C=O) groups excluding carboxylic acids is 2. The van der Waals surface area contributed by atoms with Crippen molar-refractivity contribution in [1.29, 1.82) is 0 Å². The number of ether oxygens (including phenoxy) is 1. The van der Waals surface area contributed by atoms with Crippen molar-refractivity contribution in [3.63, 3.8) is 0 Å². The molecule has 7 heteroatoms. The van der Waals surface area contributed by atoms with Crippen molar-refractivity contribution in [3.8, 4) is 5.69 Å². The number of esters is 1. The van der Waals surface area contributed by atoms with Crippen LogP contribution in [-0.4, -0.2) is 51.0 Å². The summed E-state index contributed by atoms with van der Waals surface area (Å²) in [4.78, 5) is 28.5. The van der Waals surface area contributed by atoms with Gasteiger partial charge in [0.15, 0.2) is 12.3 Å². The van der Waals surface area contributed by atoms with Gasteiger partial charge in [0.05, 0.1) is 11.4 Å². The van der Waals surface area contributed by atoms with Gasteiger partial charge in [0.25, 0.3) is 5.91 Å². The van der Waals surface area contributed by atoms with Gasteiger partial charge < -0.3 is 9.64 Å². The molecule has 0 unspecified atom stereocenters. The van der Waals surface area contributed by atoms with Gasteiger partial charge in [0, 0.05) is 12.6 Å². The molecule has 1 amide bonds. The number of nitrogens with zero attached hydrogens (tertiary/aromatic N) is 4. The average Bonchev–Trinajstić information content (AvgIpc) is 3.14. The number of fused-ring (bicyclic) bond motifs is 1. The third kappa shape index (κ3) is 3.79. The van der Waals surface area contributed by atoms with E-state index in [9.17, 15) is 9.59 Å². The van der Waals surface area contributed by atoms with Gasteiger partial charge in [-0.25, -0.2) is 4.79 Å². The Kier molecular flexibility index (Phi) is 5.41. The van der Waals surface area contributed by atoms with E-state index in [0.29, 0.717) is 17.7 Å². The van der Waals surface area contributed by atoms with Crippen molar-refractivity contribution in [2.75, 3.05) is 13.2 Å². The fraction of sp³-hybridized carbons (Fsp3) is 0.524. The number of hydrogen-bond donors (Lipinski definition) is 0. The van der Waals surface area contributed by atoms with E-state index in [1.165, 1.54) is 30.5 Å². The molecule has 2 fully saturated rings. The largest absolute Gasteiger partial charge is 0.451 e. The molecule has 2 heterocycles. The number of aryl methyl sites for hydroxylation is 1. The summed E-state index contributed by atoms with van der Waals surface area (Å²) in [6, 6.07) is 9.68. The maximum absolute atomic E-state index is 12.7. The van der Waals surface area contributed by atoms with Crippen LogP contribution in [0.25, 0.3) is 5.69 Å². The highest BCUT2D eigenvalue weighted by Gasteiger charge is 2.36. The number of piperidine rings is 1. The van der Waals surface area contributed by atoms with Crippen LogP contribution < -0.4 is 0 Å². The highest BCUT2D eigenvalue weighted by Crippen LogP contribution is 2.35. The number of para-hydroxylation sites is 1. The first-order valence-electron chi connectivity index (χ1n) is 10.1. The molecule has 28 heavy (non-hydrogen) atoms. The van der Waals surface area contributed by atoms with E-state index in [4.69, 9.17) is 4.74 Å². The van der Waals surface area contributed by atoms with Crippen LogP contribution in [0.5, 0.6) is 0 Å². The number of likely N-dealkylation sites (tertiary alicyclic amines) is 1. The van der Waals surface area contributed by atoms with Crippen molar-refractivity contribution in [3.05, 3.63) is 41.7 Å². The number of amides is 1. The molecule has 1 aromatic heterocycles. The summed E-state index contributed by atoms with van der Waals surface area (Å²) < 4.78 is 5.31. The lowest BCUT2D eigenvalue weighted by atomic mass is 9.78. The maximum atomic E-state index is 12.7. The van der Waals surface area contributed by atoms with Crippen LogP contribution in [0.4, 0.5) is 0 Å². The minimum absolute atomic E-state index is 0.0990. The summed E-state index contributed by atoms with van der Waals surface area (Å²) in [5.74, 6) is -0.0987. The first-order valence-corrected chi connectivity index (χ1v) is 10.1. The molecule has 1 saturated carbocycles. The summed E-state index contributed by atoms with van der Waals surface area (Å²) in [5.41, 5.74) is 1.38. The normalized spacial score (nSPS) is 21.8. The second-order valence-electron chi connectivity index (χ2n) is 7.68.